The highest BCUT2D eigenvalue weighted by Gasteiger charge is 2.34. The molecule has 0 atom stereocenters. The number of benzene rings is 1. The average Bonchev–Trinajstić information content (AvgIpc) is 3.10. The Kier molecular flexibility index (Phi) is 5.35. The van der Waals surface area contributed by atoms with Gasteiger partial charge in [0.05, 0.1) is 10.8 Å². The van der Waals surface area contributed by atoms with Gasteiger partial charge in [0.25, 0.3) is 0 Å². The van der Waals surface area contributed by atoms with Crippen LogP contribution in [0.15, 0.2) is 35.5 Å². The number of rotatable bonds is 7. The Balaban J connectivity index is 1.28. The first kappa shape index (κ1) is 20.2. The number of amides is 1. The Morgan fingerprint density at radius 3 is 2.63 bits per heavy atom. The van der Waals surface area contributed by atoms with Gasteiger partial charge in [-0.15, -0.1) is 5.10 Å². The summed E-state index contributed by atoms with van der Waals surface area (Å²) in [5.41, 5.74) is 2.24. The lowest BCUT2D eigenvalue weighted by atomic mass is 9.99. The highest BCUT2D eigenvalue weighted by Crippen LogP contribution is 2.27. The van der Waals surface area contributed by atoms with Crippen molar-refractivity contribution in [3.63, 3.8) is 0 Å². The summed E-state index contributed by atoms with van der Waals surface area (Å²) in [6, 6.07) is 6.32. The zero-order valence-electron chi connectivity index (χ0n) is 16.4. The molecule has 1 saturated heterocycles. The van der Waals surface area contributed by atoms with Crippen LogP contribution in [0.1, 0.15) is 12.5 Å². The molecule has 3 heterocycles. The number of aromatic nitrogens is 5. The number of carbonyl (C=O) groups excluding carboxylic acids is 1. The van der Waals surface area contributed by atoms with Crippen molar-refractivity contribution in [1.29, 1.82) is 0 Å². The van der Waals surface area contributed by atoms with Gasteiger partial charge in [0.1, 0.15) is 6.33 Å². The zero-order chi connectivity index (χ0) is 21.3. The number of nitrogens with zero attached hydrogens (tertiary/aromatic N) is 6. The molecular weight excluding hydrogens is 408 g/mol. The van der Waals surface area contributed by atoms with Crippen LogP contribution in [-0.4, -0.2) is 58.9 Å². The van der Waals surface area contributed by atoms with Gasteiger partial charge in [-0.1, -0.05) is 17.3 Å². The summed E-state index contributed by atoms with van der Waals surface area (Å²) in [5.74, 6) is 0.551. The van der Waals surface area contributed by atoms with Gasteiger partial charge in [0, 0.05) is 26.2 Å². The monoisotopic (exact) mass is 430 g/mol. The van der Waals surface area contributed by atoms with Crippen LogP contribution in [0.25, 0.3) is 11.2 Å². The molecule has 1 aliphatic heterocycles. The van der Waals surface area contributed by atoms with Crippen molar-refractivity contribution in [3.8, 4) is 0 Å². The summed E-state index contributed by atoms with van der Waals surface area (Å²) in [5, 5.41) is 16.3. The van der Waals surface area contributed by atoms with Crippen LogP contribution in [0.4, 0.5) is 5.82 Å². The van der Waals surface area contributed by atoms with E-state index in [9.17, 15) is 13.2 Å². The first-order valence-corrected chi connectivity index (χ1v) is 11.1. The predicted octanol–water partition coefficient (Wildman–Crippen LogP) is -0.316. The molecule has 12 heteroatoms. The zero-order valence-corrected chi connectivity index (χ0v) is 17.2. The molecule has 0 unspecified atom stereocenters. The summed E-state index contributed by atoms with van der Waals surface area (Å²) in [4.78, 5) is 23.0. The summed E-state index contributed by atoms with van der Waals surface area (Å²) >= 11 is 0. The molecule has 1 fully saturated rings. The van der Waals surface area contributed by atoms with Crippen LogP contribution in [0.2, 0.25) is 0 Å². The highest BCUT2D eigenvalue weighted by atomic mass is 32.2. The number of fused-ring (bicyclic) bond motifs is 1. The lowest BCUT2D eigenvalue weighted by molar-refractivity contribution is -0.125. The Labute approximate surface area is 173 Å². The first-order chi connectivity index (χ1) is 14.4. The second-order valence-corrected chi connectivity index (χ2v) is 8.67. The molecule has 0 aliphatic carbocycles. The van der Waals surface area contributed by atoms with E-state index in [1.807, 2.05) is 11.8 Å². The van der Waals surface area contributed by atoms with E-state index in [1.165, 1.54) is 18.5 Å². The molecule has 3 N–H and O–H groups in total. The van der Waals surface area contributed by atoms with E-state index in [-0.39, 0.29) is 16.7 Å². The quantitative estimate of drug-likeness (QED) is 0.518. The molecule has 0 bridgehead atoms. The van der Waals surface area contributed by atoms with Crippen LogP contribution in [0.3, 0.4) is 0 Å². The Morgan fingerprint density at radius 1 is 1.23 bits per heavy atom. The average molecular weight is 430 g/mol. The third-order valence-electron chi connectivity index (χ3n) is 5.10. The summed E-state index contributed by atoms with van der Waals surface area (Å²) < 4.78 is 24.3. The number of sulfonamides is 1. The van der Waals surface area contributed by atoms with Crippen LogP contribution in [0.5, 0.6) is 0 Å². The second kappa shape index (κ2) is 7.95. The Hall–Kier alpha value is -3.12. The van der Waals surface area contributed by atoms with E-state index < -0.39 is 10.0 Å². The number of nitrogens with one attached hydrogen (secondary N) is 1. The minimum atomic E-state index is -3.70. The fourth-order valence-corrected chi connectivity index (χ4v) is 3.88. The molecule has 0 saturated carbocycles. The molecular formula is C18H22N8O3S. The molecule has 4 rings (SSSR count). The van der Waals surface area contributed by atoms with Gasteiger partial charge < -0.3 is 10.2 Å². The molecule has 1 aromatic carbocycles. The minimum Gasteiger partial charge on any atom is -0.355 e. The molecule has 11 nitrogen and oxygen atoms in total. The lowest BCUT2D eigenvalue weighted by Gasteiger charge is -2.38. The molecule has 2 aromatic heterocycles. The summed E-state index contributed by atoms with van der Waals surface area (Å²) in [6.07, 6.45) is 2.08. The molecule has 3 aromatic rings. The number of primary sulfonamides is 1. The van der Waals surface area contributed by atoms with Gasteiger partial charge in [-0.3, -0.25) is 4.79 Å². The minimum absolute atomic E-state index is 0.0186. The third-order valence-corrected chi connectivity index (χ3v) is 6.03. The van der Waals surface area contributed by atoms with Crippen molar-refractivity contribution in [2.75, 3.05) is 24.5 Å². The number of hydrogen-bond donors (Lipinski definition) is 2. The van der Waals surface area contributed by atoms with Gasteiger partial charge in [0.15, 0.2) is 17.0 Å². The number of aryl methyl sites for hydroxylation is 1. The maximum Gasteiger partial charge on any atom is 0.238 e. The number of nitrogens with two attached hydrogens (primary N) is 1. The number of carbonyl (C=O) groups is 1. The standard InChI is InChI=1S/C18H22N8O3S/c1-2-26-17-15(23-24-26)16(21-11-22-17)25-9-13(10-25)18(27)20-8-7-12-3-5-14(6-4-12)30(19,28)29/h3-6,11,13H,2,7-10H2,1H3,(H,20,27)(H2,19,28,29). The SMILES string of the molecule is CCn1nnc2c(N3CC(C(=O)NCCc4ccc(S(N)(=O)=O)cc4)C3)ncnc21. The van der Waals surface area contributed by atoms with Crippen LogP contribution in [-0.2, 0) is 27.8 Å². The first-order valence-electron chi connectivity index (χ1n) is 9.55. The van der Waals surface area contributed by atoms with Gasteiger partial charge in [-0.25, -0.2) is 28.2 Å². The topological polar surface area (TPSA) is 149 Å². The number of anilines is 1. The largest absolute Gasteiger partial charge is 0.355 e. The summed E-state index contributed by atoms with van der Waals surface area (Å²) in [7, 11) is -3.70. The molecule has 30 heavy (non-hydrogen) atoms. The van der Waals surface area contributed by atoms with Crippen molar-refractivity contribution >= 4 is 32.9 Å². The van der Waals surface area contributed by atoms with E-state index in [1.54, 1.807) is 16.8 Å². The maximum absolute atomic E-state index is 12.4. The highest BCUT2D eigenvalue weighted by molar-refractivity contribution is 7.89. The third kappa shape index (κ3) is 3.96. The maximum atomic E-state index is 12.4. The fraction of sp³-hybridized carbons (Fsp3) is 0.389. The Bertz CT molecular complexity index is 1170. The van der Waals surface area contributed by atoms with E-state index in [4.69, 9.17) is 5.14 Å². The predicted molar refractivity (Wildman–Crippen MR) is 109 cm³/mol. The smallest absolute Gasteiger partial charge is 0.238 e. The molecule has 1 amide bonds. The van der Waals surface area contributed by atoms with Crippen LogP contribution >= 0.6 is 0 Å². The van der Waals surface area contributed by atoms with Gasteiger partial charge in [-0.2, -0.15) is 0 Å². The van der Waals surface area contributed by atoms with E-state index in [2.05, 4.69) is 25.6 Å². The molecule has 158 valence electrons. The van der Waals surface area contributed by atoms with Crippen molar-refractivity contribution < 1.29 is 13.2 Å². The Morgan fingerprint density at radius 2 is 1.97 bits per heavy atom. The molecule has 1 aliphatic rings. The van der Waals surface area contributed by atoms with Crippen molar-refractivity contribution in [1.82, 2.24) is 30.3 Å². The fourth-order valence-electron chi connectivity index (χ4n) is 3.36. The van der Waals surface area contributed by atoms with E-state index >= 15 is 0 Å². The second-order valence-electron chi connectivity index (χ2n) is 7.11. The molecule has 0 radical (unpaired) electrons. The van der Waals surface area contributed by atoms with E-state index in [0.717, 1.165) is 5.56 Å². The van der Waals surface area contributed by atoms with Crippen LogP contribution < -0.4 is 15.4 Å². The number of hydrogen-bond acceptors (Lipinski definition) is 8. The van der Waals surface area contributed by atoms with Gasteiger partial charge in [-0.05, 0) is 31.0 Å². The molecule has 0 spiro atoms. The van der Waals surface area contributed by atoms with Gasteiger partial charge in [0.2, 0.25) is 15.9 Å². The van der Waals surface area contributed by atoms with E-state index in [0.29, 0.717) is 49.6 Å². The van der Waals surface area contributed by atoms with Gasteiger partial charge >= 0.3 is 0 Å². The van der Waals surface area contributed by atoms with Crippen molar-refractivity contribution in [3.05, 3.63) is 36.2 Å². The van der Waals surface area contributed by atoms with Crippen molar-refractivity contribution in [2.45, 2.75) is 24.8 Å². The van der Waals surface area contributed by atoms with Crippen molar-refractivity contribution in [2.24, 2.45) is 11.1 Å². The summed E-state index contributed by atoms with van der Waals surface area (Å²) in [6.45, 7) is 4.21. The lowest BCUT2D eigenvalue weighted by Crippen LogP contribution is -2.54. The van der Waals surface area contributed by atoms with Crippen LogP contribution in [0, 0.1) is 5.92 Å². The normalized spacial score (nSPS) is 14.7.